The Morgan fingerprint density at radius 3 is 2.71 bits per heavy atom. The molecule has 3 rings (SSSR count). The summed E-state index contributed by atoms with van der Waals surface area (Å²) in [5.74, 6) is 1.27. The van der Waals surface area contributed by atoms with Gasteiger partial charge in [-0.1, -0.05) is 26.2 Å². The Hall–Kier alpha value is -1.82. The molecule has 0 aromatic carbocycles. The van der Waals surface area contributed by atoms with Crippen molar-refractivity contribution in [1.82, 2.24) is 19.9 Å². The van der Waals surface area contributed by atoms with Gasteiger partial charge < -0.3 is 4.90 Å². The van der Waals surface area contributed by atoms with Crippen LogP contribution < -0.4 is 0 Å². The molecule has 2 atom stereocenters. The Morgan fingerprint density at radius 2 is 2.00 bits per heavy atom. The van der Waals surface area contributed by atoms with Crippen molar-refractivity contribution in [3.63, 3.8) is 0 Å². The number of aryl methyl sites for hydroxylation is 1. The minimum Gasteiger partial charge on any atom is -0.338 e. The van der Waals surface area contributed by atoms with E-state index in [2.05, 4.69) is 21.9 Å². The number of aromatic nitrogens is 3. The molecule has 0 saturated heterocycles. The van der Waals surface area contributed by atoms with Gasteiger partial charge in [-0.2, -0.15) is 0 Å². The van der Waals surface area contributed by atoms with Crippen LogP contribution in [0.3, 0.4) is 0 Å². The van der Waals surface area contributed by atoms with E-state index >= 15 is 0 Å². The molecule has 1 saturated carbocycles. The topological polar surface area (TPSA) is 59.0 Å². The van der Waals surface area contributed by atoms with Crippen LogP contribution in [0.5, 0.6) is 0 Å². The van der Waals surface area contributed by atoms with Crippen molar-refractivity contribution >= 4 is 17.2 Å². The quantitative estimate of drug-likeness (QED) is 0.842. The average molecular weight is 344 g/mol. The lowest BCUT2D eigenvalue weighted by molar-refractivity contribution is 0.0612. The molecule has 0 N–H and O–H groups in total. The molecule has 0 spiro atoms. The highest BCUT2D eigenvalue weighted by Crippen LogP contribution is 2.32. The van der Waals surface area contributed by atoms with E-state index in [4.69, 9.17) is 0 Å². The number of hydrogen-bond acceptors (Lipinski definition) is 5. The first-order valence-electron chi connectivity index (χ1n) is 8.63. The van der Waals surface area contributed by atoms with Crippen molar-refractivity contribution < 1.29 is 4.79 Å². The third-order valence-electron chi connectivity index (χ3n) is 4.96. The van der Waals surface area contributed by atoms with Gasteiger partial charge in [0.05, 0.1) is 5.69 Å². The van der Waals surface area contributed by atoms with E-state index < -0.39 is 0 Å². The van der Waals surface area contributed by atoms with Crippen molar-refractivity contribution in [3.05, 3.63) is 29.0 Å². The normalized spacial score (nSPS) is 20.8. The van der Waals surface area contributed by atoms with Gasteiger partial charge in [0.1, 0.15) is 4.88 Å². The molecule has 0 bridgehead atoms. The molecule has 2 aromatic rings. The highest BCUT2D eigenvalue weighted by molar-refractivity contribution is 7.17. The van der Waals surface area contributed by atoms with Crippen LogP contribution in [0.1, 0.15) is 54.4 Å². The molecule has 6 heteroatoms. The molecule has 1 fully saturated rings. The summed E-state index contributed by atoms with van der Waals surface area (Å²) < 4.78 is 0. The first-order chi connectivity index (χ1) is 11.6. The number of hydrogen-bond donors (Lipinski definition) is 0. The molecule has 24 heavy (non-hydrogen) atoms. The first kappa shape index (κ1) is 17.0. The molecule has 2 aromatic heterocycles. The van der Waals surface area contributed by atoms with Gasteiger partial charge in [0, 0.05) is 25.5 Å². The third kappa shape index (κ3) is 3.34. The maximum Gasteiger partial charge on any atom is 0.265 e. The number of thiazole rings is 1. The van der Waals surface area contributed by atoms with Gasteiger partial charge in [0.2, 0.25) is 0 Å². The van der Waals surface area contributed by atoms with Crippen LogP contribution >= 0.6 is 11.3 Å². The molecule has 1 aliphatic rings. The maximum atomic E-state index is 13.0. The van der Waals surface area contributed by atoms with Gasteiger partial charge in [-0.25, -0.2) is 15.0 Å². The van der Waals surface area contributed by atoms with Crippen molar-refractivity contribution in [2.75, 3.05) is 7.05 Å². The van der Waals surface area contributed by atoms with E-state index in [1.807, 2.05) is 18.9 Å². The summed E-state index contributed by atoms with van der Waals surface area (Å²) in [4.78, 5) is 28.7. The van der Waals surface area contributed by atoms with E-state index in [0.717, 1.165) is 18.5 Å². The van der Waals surface area contributed by atoms with E-state index in [0.29, 0.717) is 27.7 Å². The van der Waals surface area contributed by atoms with Gasteiger partial charge >= 0.3 is 0 Å². The monoisotopic (exact) mass is 344 g/mol. The standard InChI is InChI=1S/C18H24N4OS/c1-4-13-8-5-6-9-14(13)22(3)18(23)15-12(2)21-17(24-15)16-19-10-7-11-20-16/h7,10-11,13-14H,4-6,8-9H2,1-3H3. The number of nitrogens with zero attached hydrogens (tertiary/aromatic N) is 4. The van der Waals surface area contributed by atoms with Crippen LogP contribution in [0, 0.1) is 12.8 Å². The Morgan fingerprint density at radius 1 is 1.29 bits per heavy atom. The first-order valence-corrected chi connectivity index (χ1v) is 9.45. The summed E-state index contributed by atoms with van der Waals surface area (Å²) in [6.07, 6.45) is 9.35. The lowest BCUT2D eigenvalue weighted by atomic mass is 9.82. The second-order valence-corrected chi connectivity index (χ2v) is 7.44. The molecular weight excluding hydrogens is 320 g/mol. The van der Waals surface area contributed by atoms with Crippen molar-refractivity contribution in [3.8, 4) is 10.8 Å². The highest BCUT2D eigenvalue weighted by atomic mass is 32.1. The number of carbonyl (C=O) groups is 1. The number of amides is 1. The van der Waals surface area contributed by atoms with Gasteiger partial charge in [-0.15, -0.1) is 11.3 Å². The lowest BCUT2D eigenvalue weighted by Gasteiger charge is -2.37. The lowest BCUT2D eigenvalue weighted by Crippen LogP contribution is -2.43. The van der Waals surface area contributed by atoms with E-state index in [9.17, 15) is 4.79 Å². The van der Waals surface area contributed by atoms with Crippen LogP contribution in [0.4, 0.5) is 0 Å². The predicted molar refractivity (Wildman–Crippen MR) is 96.0 cm³/mol. The van der Waals surface area contributed by atoms with Gasteiger partial charge in [-0.05, 0) is 31.7 Å². The molecule has 2 unspecified atom stereocenters. The summed E-state index contributed by atoms with van der Waals surface area (Å²) in [5.41, 5.74) is 0.767. The smallest absolute Gasteiger partial charge is 0.265 e. The van der Waals surface area contributed by atoms with Crippen LogP contribution in [0.2, 0.25) is 0 Å². The maximum absolute atomic E-state index is 13.0. The molecule has 1 aliphatic carbocycles. The van der Waals surface area contributed by atoms with Crippen LogP contribution in [0.15, 0.2) is 18.5 Å². The SMILES string of the molecule is CCC1CCCCC1N(C)C(=O)c1sc(-c2ncccn2)nc1C. The summed E-state index contributed by atoms with van der Waals surface area (Å²) in [6, 6.07) is 2.12. The summed E-state index contributed by atoms with van der Waals surface area (Å²) in [5, 5.41) is 0.709. The minimum atomic E-state index is 0.0810. The van der Waals surface area contributed by atoms with E-state index in [1.165, 1.54) is 30.6 Å². The zero-order valence-electron chi connectivity index (χ0n) is 14.5. The summed E-state index contributed by atoms with van der Waals surface area (Å²) in [7, 11) is 1.94. The second kappa shape index (κ2) is 7.38. The molecule has 5 nitrogen and oxygen atoms in total. The zero-order valence-corrected chi connectivity index (χ0v) is 15.3. The minimum absolute atomic E-state index is 0.0810. The highest BCUT2D eigenvalue weighted by Gasteiger charge is 2.31. The molecule has 0 aliphatic heterocycles. The molecule has 2 heterocycles. The van der Waals surface area contributed by atoms with Crippen molar-refractivity contribution in [1.29, 1.82) is 0 Å². The Kier molecular flexibility index (Phi) is 5.23. The third-order valence-corrected chi connectivity index (χ3v) is 6.10. The van der Waals surface area contributed by atoms with Crippen molar-refractivity contribution in [2.24, 2.45) is 5.92 Å². The van der Waals surface area contributed by atoms with Gasteiger partial charge in [0.15, 0.2) is 10.8 Å². The Bertz CT molecular complexity index is 700. The predicted octanol–water partition coefficient (Wildman–Crippen LogP) is 3.95. The van der Waals surface area contributed by atoms with Crippen LogP contribution in [0.25, 0.3) is 10.8 Å². The second-order valence-electron chi connectivity index (χ2n) is 6.44. The molecular formula is C18H24N4OS. The fraction of sp³-hybridized carbons (Fsp3) is 0.556. The summed E-state index contributed by atoms with van der Waals surface area (Å²) in [6.45, 7) is 4.12. The summed E-state index contributed by atoms with van der Waals surface area (Å²) >= 11 is 1.39. The van der Waals surface area contributed by atoms with E-state index in [-0.39, 0.29) is 5.91 Å². The fourth-order valence-electron chi connectivity index (χ4n) is 3.58. The largest absolute Gasteiger partial charge is 0.338 e. The molecule has 1 amide bonds. The van der Waals surface area contributed by atoms with E-state index in [1.54, 1.807) is 18.5 Å². The van der Waals surface area contributed by atoms with Crippen LogP contribution in [-0.4, -0.2) is 38.8 Å². The molecule has 0 radical (unpaired) electrons. The average Bonchev–Trinajstić information content (AvgIpc) is 3.03. The van der Waals surface area contributed by atoms with Gasteiger partial charge in [0.25, 0.3) is 5.91 Å². The molecule has 128 valence electrons. The zero-order chi connectivity index (χ0) is 17.1. The fourth-order valence-corrected chi connectivity index (χ4v) is 4.58. The van der Waals surface area contributed by atoms with Crippen molar-refractivity contribution in [2.45, 2.75) is 52.0 Å². The van der Waals surface area contributed by atoms with Crippen LogP contribution in [-0.2, 0) is 0 Å². The number of carbonyl (C=O) groups excluding carboxylic acids is 1. The Balaban J connectivity index is 1.83. The Labute approximate surface area is 147 Å². The van der Waals surface area contributed by atoms with Gasteiger partial charge in [-0.3, -0.25) is 4.79 Å². The number of rotatable bonds is 4.